The van der Waals surface area contributed by atoms with Gasteiger partial charge in [-0.3, -0.25) is 29.8 Å². The van der Waals surface area contributed by atoms with Crippen LogP contribution in [0.2, 0.25) is 0 Å². The molecular formula is C18H12FN5O6. The van der Waals surface area contributed by atoms with Crippen molar-refractivity contribution in [1.29, 1.82) is 0 Å². The molecular weight excluding hydrogens is 401 g/mol. The molecule has 1 heterocycles. The van der Waals surface area contributed by atoms with Gasteiger partial charge in [0.1, 0.15) is 5.82 Å². The maximum absolute atomic E-state index is 14.0. The molecule has 0 aliphatic carbocycles. The first-order chi connectivity index (χ1) is 14.3. The molecule has 1 aliphatic rings. The lowest BCUT2D eigenvalue weighted by atomic mass is 10.1. The highest BCUT2D eigenvalue weighted by atomic mass is 19.1. The number of barbiturate groups is 1. The number of imide groups is 2. The van der Waals surface area contributed by atoms with Gasteiger partial charge in [-0.15, -0.1) is 0 Å². The highest BCUT2D eigenvalue weighted by molar-refractivity contribution is 6.32. The first-order valence-corrected chi connectivity index (χ1v) is 8.31. The number of urea groups is 1. The van der Waals surface area contributed by atoms with Crippen LogP contribution in [-0.4, -0.2) is 34.9 Å². The topological polar surface area (TPSA) is 151 Å². The molecule has 1 atom stereocenters. The summed E-state index contributed by atoms with van der Waals surface area (Å²) in [6, 6.07) is 8.51. The van der Waals surface area contributed by atoms with Gasteiger partial charge < -0.3 is 0 Å². The molecule has 2 aromatic rings. The number of nitro benzene ring substituents is 1. The molecule has 5 amide bonds. The summed E-state index contributed by atoms with van der Waals surface area (Å²) in [5.41, 5.74) is 1.55. The Hall–Kier alpha value is -4.48. The van der Waals surface area contributed by atoms with E-state index in [9.17, 15) is 33.7 Å². The van der Waals surface area contributed by atoms with E-state index >= 15 is 0 Å². The summed E-state index contributed by atoms with van der Waals surface area (Å²) in [5.74, 6) is -5.25. The largest absolute Gasteiger partial charge is 0.335 e. The number of hydrogen-bond donors (Lipinski definition) is 2. The SMILES string of the molecule is O=C(N/N=C\[C@H]1C(=O)NC(=O)N(c2ccccc2F)C1=O)c1ccc([N+](=O)[O-])cc1. The fraction of sp³-hybridized carbons (Fsp3) is 0.0556. The summed E-state index contributed by atoms with van der Waals surface area (Å²) in [5, 5.41) is 16.1. The second kappa shape index (κ2) is 8.26. The quantitative estimate of drug-likeness (QED) is 0.327. The zero-order valence-corrected chi connectivity index (χ0v) is 14.9. The second-order valence-electron chi connectivity index (χ2n) is 5.92. The summed E-state index contributed by atoms with van der Waals surface area (Å²) in [4.78, 5) is 59.0. The van der Waals surface area contributed by atoms with E-state index in [1.54, 1.807) is 0 Å². The second-order valence-corrected chi connectivity index (χ2v) is 5.92. The number of non-ortho nitro benzene ring substituents is 1. The first-order valence-electron chi connectivity index (χ1n) is 8.31. The van der Waals surface area contributed by atoms with Gasteiger partial charge in [-0.2, -0.15) is 5.10 Å². The molecule has 11 nitrogen and oxygen atoms in total. The highest BCUT2D eigenvalue weighted by Gasteiger charge is 2.41. The van der Waals surface area contributed by atoms with Crippen LogP contribution in [0.3, 0.4) is 0 Å². The van der Waals surface area contributed by atoms with Crippen LogP contribution in [-0.2, 0) is 9.59 Å². The predicted molar refractivity (Wildman–Crippen MR) is 100.0 cm³/mol. The summed E-state index contributed by atoms with van der Waals surface area (Å²) in [7, 11) is 0. The molecule has 1 saturated heterocycles. The number of rotatable bonds is 5. The molecule has 0 unspecified atom stereocenters. The fourth-order valence-electron chi connectivity index (χ4n) is 2.55. The Morgan fingerprint density at radius 2 is 1.83 bits per heavy atom. The van der Waals surface area contributed by atoms with Crippen molar-refractivity contribution in [1.82, 2.24) is 10.7 Å². The molecule has 12 heteroatoms. The molecule has 0 aromatic heterocycles. The number of halogens is 1. The van der Waals surface area contributed by atoms with Crippen molar-refractivity contribution in [3.63, 3.8) is 0 Å². The van der Waals surface area contributed by atoms with E-state index in [1.165, 1.54) is 30.3 Å². The van der Waals surface area contributed by atoms with Crippen LogP contribution in [0.4, 0.5) is 20.6 Å². The van der Waals surface area contributed by atoms with Crippen LogP contribution in [0.25, 0.3) is 0 Å². The number of benzene rings is 2. The van der Waals surface area contributed by atoms with E-state index in [1.807, 2.05) is 5.32 Å². The summed E-state index contributed by atoms with van der Waals surface area (Å²) >= 11 is 0. The van der Waals surface area contributed by atoms with Gasteiger partial charge in [0, 0.05) is 23.9 Å². The third-order valence-corrected chi connectivity index (χ3v) is 4.03. The third-order valence-electron chi connectivity index (χ3n) is 4.03. The standard InChI is InChI=1S/C18H12FN5O6/c19-13-3-1-2-4-14(13)23-17(27)12(16(26)21-18(23)28)9-20-22-15(25)10-5-7-11(8-6-10)24(29)30/h1-9,12H,(H,22,25)(H,21,26,28)/b20-9-/t12-/m0/s1. The summed E-state index contributed by atoms with van der Waals surface area (Å²) in [6.45, 7) is 0. The normalized spacial score (nSPS) is 16.5. The lowest BCUT2D eigenvalue weighted by Crippen LogP contribution is -2.59. The van der Waals surface area contributed by atoms with Gasteiger partial charge in [0.05, 0.1) is 10.6 Å². The van der Waals surface area contributed by atoms with Gasteiger partial charge in [-0.1, -0.05) is 12.1 Å². The maximum Gasteiger partial charge on any atom is 0.335 e. The van der Waals surface area contributed by atoms with Gasteiger partial charge in [0.25, 0.3) is 17.5 Å². The van der Waals surface area contributed by atoms with E-state index in [4.69, 9.17) is 0 Å². The van der Waals surface area contributed by atoms with E-state index in [0.29, 0.717) is 4.90 Å². The van der Waals surface area contributed by atoms with Crippen LogP contribution in [0.15, 0.2) is 53.6 Å². The Balaban J connectivity index is 1.74. The van der Waals surface area contributed by atoms with E-state index in [-0.39, 0.29) is 16.9 Å². The molecule has 0 saturated carbocycles. The number of para-hydroxylation sites is 1. The number of anilines is 1. The number of carbonyl (C=O) groups is 4. The number of carbonyl (C=O) groups excluding carboxylic acids is 4. The smallest absolute Gasteiger partial charge is 0.276 e. The average molecular weight is 413 g/mol. The van der Waals surface area contributed by atoms with Crippen LogP contribution < -0.4 is 15.6 Å². The zero-order valence-electron chi connectivity index (χ0n) is 14.9. The number of nitrogens with zero attached hydrogens (tertiary/aromatic N) is 3. The highest BCUT2D eigenvalue weighted by Crippen LogP contribution is 2.23. The molecule has 30 heavy (non-hydrogen) atoms. The molecule has 0 bridgehead atoms. The lowest BCUT2D eigenvalue weighted by Gasteiger charge is -2.28. The number of nitrogens with one attached hydrogen (secondary N) is 2. The van der Waals surface area contributed by atoms with Crippen LogP contribution >= 0.6 is 0 Å². The van der Waals surface area contributed by atoms with Crippen LogP contribution in [0.5, 0.6) is 0 Å². The molecule has 1 aliphatic heterocycles. The Kier molecular flexibility index (Phi) is 5.58. The van der Waals surface area contributed by atoms with Crippen LogP contribution in [0.1, 0.15) is 10.4 Å². The van der Waals surface area contributed by atoms with E-state index in [0.717, 1.165) is 24.4 Å². The minimum absolute atomic E-state index is 0.0420. The predicted octanol–water partition coefficient (Wildman–Crippen LogP) is 1.35. The Bertz CT molecular complexity index is 1080. The molecule has 0 spiro atoms. The van der Waals surface area contributed by atoms with Gasteiger partial charge >= 0.3 is 6.03 Å². The Morgan fingerprint density at radius 1 is 1.17 bits per heavy atom. The van der Waals surface area contributed by atoms with Gasteiger partial charge in [0.15, 0.2) is 5.92 Å². The molecule has 0 radical (unpaired) electrons. The maximum atomic E-state index is 14.0. The molecule has 1 fully saturated rings. The van der Waals surface area contributed by atoms with Crippen molar-refractivity contribution in [2.75, 3.05) is 4.90 Å². The van der Waals surface area contributed by atoms with Crippen molar-refractivity contribution < 1.29 is 28.5 Å². The number of hydrazone groups is 1. The summed E-state index contributed by atoms with van der Waals surface area (Å²) in [6.07, 6.45) is 0.793. The third kappa shape index (κ3) is 4.01. The Labute approximate surface area is 167 Å². The lowest BCUT2D eigenvalue weighted by molar-refractivity contribution is -0.384. The molecule has 2 N–H and O–H groups in total. The Morgan fingerprint density at radius 3 is 2.47 bits per heavy atom. The zero-order chi connectivity index (χ0) is 21.8. The van der Waals surface area contributed by atoms with Crippen molar-refractivity contribution in [2.45, 2.75) is 0 Å². The van der Waals surface area contributed by atoms with Crippen molar-refractivity contribution in [2.24, 2.45) is 11.0 Å². The minimum Gasteiger partial charge on any atom is -0.276 e. The van der Waals surface area contributed by atoms with E-state index in [2.05, 4.69) is 10.5 Å². The van der Waals surface area contributed by atoms with Gasteiger partial charge in [-0.05, 0) is 24.3 Å². The van der Waals surface area contributed by atoms with Crippen LogP contribution in [0, 0.1) is 21.8 Å². The fourth-order valence-corrected chi connectivity index (χ4v) is 2.55. The molecule has 152 valence electrons. The first kappa shape index (κ1) is 20.3. The van der Waals surface area contributed by atoms with Crippen molar-refractivity contribution in [3.05, 3.63) is 70.0 Å². The average Bonchev–Trinajstić information content (AvgIpc) is 2.71. The van der Waals surface area contributed by atoms with Crippen molar-refractivity contribution >= 4 is 41.3 Å². The minimum atomic E-state index is -1.60. The van der Waals surface area contributed by atoms with Gasteiger partial charge in [0.2, 0.25) is 5.91 Å². The number of hydrogen-bond acceptors (Lipinski definition) is 7. The monoisotopic (exact) mass is 413 g/mol. The molecule has 2 aromatic carbocycles. The van der Waals surface area contributed by atoms with Crippen molar-refractivity contribution in [3.8, 4) is 0 Å². The van der Waals surface area contributed by atoms with E-state index < -0.39 is 40.4 Å². The number of amides is 5. The summed E-state index contributed by atoms with van der Waals surface area (Å²) < 4.78 is 14.0. The van der Waals surface area contributed by atoms with Gasteiger partial charge in [-0.25, -0.2) is 19.5 Å². The molecule has 3 rings (SSSR count). The number of nitro groups is 1.